The highest BCUT2D eigenvalue weighted by molar-refractivity contribution is 8.18. The highest BCUT2D eigenvalue weighted by Gasteiger charge is 2.32. The Kier molecular flexibility index (Phi) is 12.6. The Morgan fingerprint density at radius 3 is 1.24 bits per heavy atom. The van der Waals surface area contributed by atoms with Gasteiger partial charge in [-0.05, 0) is 66.8 Å². The van der Waals surface area contributed by atoms with Crippen LogP contribution in [0.4, 0.5) is 0 Å². The van der Waals surface area contributed by atoms with Crippen LogP contribution in [0.15, 0.2) is 34.1 Å². The molecule has 0 radical (unpaired) electrons. The fourth-order valence-corrected chi connectivity index (χ4v) is 7.36. The van der Waals surface area contributed by atoms with Crippen LogP contribution >= 0.6 is 23.5 Å². The third kappa shape index (κ3) is 11.7. The molecule has 8 nitrogen and oxygen atoms in total. The van der Waals surface area contributed by atoms with Gasteiger partial charge < -0.3 is 19.7 Å². The van der Waals surface area contributed by atoms with E-state index >= 15 is 0 Å². The van der Waals surface area contributed by atoms with Gasteiger partial charge in [-0.2, -0.15) is 0 Å². The Bertz CT molecular complexity index is 1440. The van der Waals surface area contributed by atoms with Gasteiger partial charge in [0, 0.05) is 26.5 Å². The van der Waals surface area contributed by atoms with Gasteiger partial charge in [-0.1, -0.05) is 62.3 Å². The van der Waals surface area contributed by atoms with Crippen molar-refractivity contribution in [3.8, 4) is 11.5 Å². The molecule has 2 aromatic rings. The van der Waals surface area contributed by atoms with Crippen LogP contribution in [0.2, 0.25) is 0 Å². The monoisotopic (exact) mass is 674 g/mol. The number of benzene rings is 2. The minimum atomic E-state index is -1.05. The molecule has 0 unspecified atom stereocenters. The third-order valence-corrected chi connectivity index (χ3v) is 9.41. The van der Waals surface area contributed by atoms with Crippen molar-refractivity contribution in [1.29, 1.82) is 0 Å². The van der Waals surface area contributed by atoms with E-state index in [4.69, 9.17) is 19.7 Å². The summed E-state index contributed by atoms with van der Waals surface area (Å²) in [5.74, 6) is -2.29. The van der Waals surface area contributed by atoms with Crippen LogP contribution in [0.3, 0.4) is 0 Å². The first-order valence-electron chi connectivity index (χ1n) is 15.4. The van der Waals surface area contributed by atoms with Crippen LogP contribution in [0.1, 0.15) is 124 Å². The van der Waals surface area contributed by atoms with E-state index in [1.165, 1.54) is 0 Å². The Balaban J connectivity index is 2.52. The van der Waals surface area contributed by atoms with Crippen LogP contribution in [0.25, 0.3) is 0 Å². The molecule has 2 rings (SSSR count). The summed E-state index contributed by atoms with van der Waals surface area (Å²) in [6, 6.07) is 8.16. The van der Waals surface area contributed by atoms with E-state index in [1.807, 2.05) is 39.8 Å². The number of hydrogen-bond acceptors (Lipinski definition) is 8. The smallest absolute Gasteiger partial charge is 0.311 e. The normalized spacial score (nSPS) is 12.5. The first kappa shape index (κ1) is 39.2. The third-order valence-electron chi connectivity index (χ3n) is 6.98. The molecule has 0 fully saturated rings. The van der Waals surface area contributed by atoms with Gasteiger partial charge in [-0.25, -0.2) is 0 Å². The number of carboxylic acid groups (broad SMARTS) is 2. The molecule has 0 aromatic heterocycles. The summed E-state index contributed by atoms with van der Waals surface area (Å²) in [6.07, 6.45) is -0.993. The van der Waals surface area contributed by atoms with Crippen molar-refractivity contribution in [2.45, 2.75) is 139 Å². The fourth-order valence-electron chi connectivity index (χ4n) is 4.71. The summed E-state index contributed by atoms with van der Waals surface area (Å²) in [5, 5.41) is 18.0. The minimum Gasteiger partial charge on any atom is -0.481 e. The van der Waals surface area contributed by atoms with Crippen LogP contribution in [-0.2, 0) is 35.4 Å². The van der Waals surface area contributed by atoms with Crippen LogP contribution < -0.4 is 9.47 Å². The zero-order valence-corrected chi connectivity index (χ0v) is 30.9. The zero-order chi connectivity index (χ0) is 35.4. The number of aryl methyl sites for hydroxylation is 1. The maximum atomic E-state index is 12.7. The maximum Gasteiger partial charge on any atom is 0.311 e. The van der Waals surface area contributed by atoms with Gasteiger partial charge in [-0.15, -0.1) is 23.5 Å². The number of aliphatic carboxylic acids is 2. The lowest BCUT2D eigenvalue weighted by molar-refractivity contribution is -0.142. The lowest BCUT2D eigenvalue weighted by atomic mass is 9.79. The SMILES string of the molecule is Cc1cc(SC(C)(C)Sc2cc(C(C)(C)C)c(OC(=O)CCC(=O)O)c(C(C)(C)C)c2)cc(C(C)(C)C)c1OC(=O)CCC(=O)O. The van der Waals surface area contributed by atoms with Gasteiger partial charge in [0.25, 0.3) is 0 Å². The van der Waals surface area contributed by atoms with Crippen molar-refractivity contribution in [3.05, 3.63) is 46.5 Å². The Labute approximate surface area is 282 Å². The van der Waals surface area contributed by atoms with E-state index in [-0.39, 0.29) is 46.0 Å². The molecule has 0 saturated carbocycles. The summed E-state index contributed by atoms with van der Waals surface area (Å²) in [7, 11) is 0. The predicted octanol–water partition coefficient (Wildman–Crippen LogP) is 9.05. The van der Waals surface area contributed by atoms with E-state index in [0.717, 1.165) is 32.0 Å². The summed E-state index contributed by atoms with van der Waals surface area (Å²) in [4.78, 5) is 49.2. The molecular weight excluding hydrogens is 625 g/mol. The first-order chi connectivity index (χ1) is 20.8. The Hall–Kier alpha value is -2.98. The standard InChI is InChI=1S/C36H50O8S2/c1-21-17-22(18-24(33(2,3)4)31(21)43-29(41)15-13-27(37)38)45-36(11,12)46-23-19-25(34(5,6)7)32(26(20-23)35(8,9)10)44-30(42)16-14-28(39)40/h17-20H,13-16H2,1-12H3,(H,37,38)(H,39,40). The van der Waals surface area contributed by atoms with Crippen molar-refractivity contribution in [1.82, 2.24) is 0 Å². The Morgan fingerprint density at radius 2 is 0.891 bits per heavy atom. The molecule has 2 N–H and O–H groups in total. The van der Waals surface area contributed by atoms with E-state index in [2.05, 4.69) is 67.5 Å². The van der Waals surface area contributed by atoms with Crippen LogP contribution in [0.5, 0.6) is 11.5 Å². The summed E-state index contributed by atoms with van der Waals surface area (Å²) < 4.78 is 11.3. The summed E-state index contributed by atoms with van der Waals surface area (Å²) in [6.45, 7) is 24.7. The van der Waals surface area contributed by atoms with Crippen LogP contribution in [0, 0.1) is 6.92 Å². The maximum absolute atomic E-state index is 12.7. The molecule has 0 saturated heterocycles. The fraction of sp³-hybridized carbons (Fsp3) is 0.556. The average molecular weight is 675 g/mol. The number of carbonyl (C=O) groups is 4. The van der Waals surface area contributed by atoms with Gasteiger partial charge in [0.1, 0.15) is 11.5 Å². The molecule has 0 bridgehead atoms. The molecule has 10 heteroatoms. The lowest BCUT2D eigenvalue weighted by Crippen LogP contribution is -2.22. The number of thioether (sulfide) groups is 2. The molecule has 0 heterocycles. The van der Waals surface area contributed by atoms with E-state index in [1.54, 1.807) is 23.5 Å². The van der Waals surface area contributed by atoms with Gasteiger partial charge >= 0.3 is 23.9 Å². The average Bonchev–Trinajstić information content (AvgIpc) is 2.86. The number of esters is 2. The molecular formula is C36H50O8S2. The van der Waals surface area contributed by atoms with Gasteiger partial charge in [0.15, 0.2) is 0 Å². The van der Waals surface area contributed by atoms with Gasteiger partial charge in [0.05, 0.1) is 29.8 Å². The summed E-state index contributed by atoms with van der Waals surface area (Å²) in [5.41, 5.74) is 2.30. The molecule has 46 heavy (non-hydrogen) atoms. The number of ether oxygens (including phenoxy) is 2. The largest absolute Gasteiger partial charge is 0.481 e. The van der Waals surface area contributed by atoms with E-state index in [0.29, 0.717) is 11.5 Å². The zero-order valence-electron chi connectivity index (χ0n) is 29.3. The van der Waals surface area contributed by atoms with Crippen molar-refractivity contribution in [2.24, 2.45) is 0 Å². The van der Waals surface area contributed by atoms with Crippen molar-refractivity contribution < 1.29 is 38.9 Å². The molecule has 0 atom stereocenters. The highest BCUT2D eigenvalue weighted by Crippen LogP contribution is 2.50. The number of carboxylic acids is 2. The van der Waals surface area contributed by atoms with Gasteiger partial charge in [-0.3, -0.25) is 19.2 Å². The van der Waals surface area contributed by atoms with Crippen molar-refractivity contribution in [3.63, 3.8) is 0 Å². The van der Waals surface area contributed by atoms with Crippen molar-refractivity contribution in [2.75, 3.05) is 0 Å². The van der Waals surface area contributed by atoms with Crippen molar-refractivity contribution >= 4 is 47.4 Å². The molecule has 254 valence electrons. The Morgan fingerprint density at radius 1 is 0.565 bits per heavy atom. The minimum absolute atomic E-state index is 0.202. The molecule has 0 aliphatic heterocycles. The molecule has 2 aromatic carbocycles. The van der Waals surface area contributed by atoms with Crippen LogP contribution in [-0.4, -0.2) is 38.2 Å². The quantitative estimate of drug-likeness (QED) is 0.0974. The number of carbonyl (C=O) groups excluding carboxylic acids is 2. The molecule has 0 amide bonds. The topological polar surface area (TPSA) is 127 Å². The second-order valence-corrected chi connectivity index (χ2v) is 18.7. The van der Waals surface area contributed by atoms with Gasteiger partial charge in [0.2, 0.25) is 0 Å². The molecule has 0 aliphatic carbocycles. The lowest BCUT2D eigenvalue weighted by Gasteiger charge is -2.32. The first-order valence-corrected chi connectivity index (χ1v) is 17.0. The molecule has 0 spiro atoms. The summed E-state index contributed by atoms with van der Waals surface area (Å²) >= 11 is 3.37. The number of hydrogen-bond donors (Lipinski definition) is 2. The molecule has 0 aliphatic rings. The van der Waals surface area contributed by atoms with E-state index in [9.17, 15) is 19.2 Å². The van der Waals surface area contributed by atoms with E-state index < -0.39 is 23.9 Å². The second-order valence-electron chi connectivity index (χ2n) is 15.1. The predicted molar refractivity (Wildman–Crippen MR) is 185 cm³/mol. The second kappa shape index (κ2) is 14.8. The number of rotatable bonds is 12. The highest BCUT2D eigenvalue weighted by atomic mass is 32.2.